The van der Waals surface area contributed by atoms with Crippen LogP contribution in [0.1, 0.15) is 24.1 Å². The van der Waals surface area contributed by atoms with Crippen LogP contribution in [-0.2, 0) is 6.54 Å². The number of aryl methyl sites for hydroxylation is 1. The molecule has 0 fully saturated rings. The van der Waals surface area contributed by atoms with E-state index in [9.17, 15) is 0 Å². The Bertz CT molecular complexity index is 865. The molecule has 1 aromatic heterocycles. The summed E-state index contributed by atoms with van der Waals surface area (Å²) in [7, 11) is 1.79. The standard InChI is InChI=1S/C20H25N5/c1-15-13-23-25(14-15)11-10-22-20(21-3)24-16(2)18-9-8-17-6-4-5-7-19(17)12-18/h4-9,12-14,16H,10-11H2,1-3H3,(H2,21,22,24). The Morgan fingerprint density at radius 1 is 1.20 bits per heavy atom. The lowest BCUT2D eigenvalue weighted by Gasteiger charge is -2.19. The van der Waals surface area contributed by atoms with Crippen LogP contribution in [0.2, 0.25) is 0 Å². The maximum absolute atomic E-state index is 4.32. The van der Waals surface area contributed by atoms with Gasteiger partial charge in [-0.05, 0) is 41.8 Å². The molecule has 0 saturated heterocycles. The zero-order valence-electron chi connectivity index (χ0n) is 15.0. The van der Waals surface area contributed by atoms with Crippen LogP contribution in [0.3, 0.4) is 0 Å². The van der Waals surface area contributed by atoms with Crippen molar-refractivity contribution in [3.05, 3.63) is 66.0 Å². The Morgan fingerprint density at radius 2 is 2.00 bits per heavy atom. The predicted molar refractivity (Wildman–Crippen MR) is 104 cm³/mol. The lowest BCUT2D eigenvalue weighted by molar-refractivity contribution is 0.591. The van der Waals surface area contributed by atoms with Crippen LogP contribution in [0.15, 0.2) is 59.9 Å². The summed E-state index contributed by atoms with van der Waals surface area (Å²) in [4.78, 5) is 4.32. The van der Waals surface area contributed by atoms with Crippen LogP contribution >= 0.6 is 0 Å². The first kappa shape index (κ1) is 17.0. The summed E-state index contributed by atoms with van der Waals surface area (Å²) in [5, 5.41) is 13.6. The van der Waals surface area contributed by atoms with Gasteiger partial charge in [0.15, 0.2) is 5.96 Å². The minimum Gasteiger partial charge on any atom is -0.355 e. The number of guanidine groups is 1. The molecule has 1 atom stereocenters. The Labute approximate surface area is 148 Å². The van der Waals surface area contributed by atoms with E-state index in [4.69, 9.17) is 0 Å². The van der Waals surface area contributed by atoms with E-state index in [-0.39, 0.29) is 6.04 Å². The largest absolute Gasteiger partial charge is 0.355 e. The maximum atomic E-state index is 4.32. The summed E-state index contributed by atoms with van der Waals surface area (Å²) in [6, 6.07) is 15.1. The minimum atomic E-state index is 0.169. The fraction of sp³-hybridized carbons (Fsp3) is 0.300. The van der Waals surface area contributed by atoms with Gasteiger partial charge in [0.05, 0.1) is 18.8 Å². The van der Waals surface area contributed by atoms with Gasteiger partial charge < -0.3 is 10.6 Å². The van der Waals surface area contributed by atoms with Crippen molar-refractivity contribution in [3.8, 4) is 0 Å². The fourth-order valence-electron chi connectivity index (χ4n) is 2.84. The summed E-state index contributed by atoms with van der Waals surface area (Å²) in [5.74, 6) is 0.796. The average molecular weight is 335 g/mol. The number of aliphatic imine (C=N–C) groups is 1. The SMILES string of the molecule is CN=C(NCCn1cc(C)cn1)NC(C)c1ccc2ccccc2c1. The monoisotopic (exact) mass is 335 g/mol. The quantitative estimate of drug-likeness (QED) is 0.556. The van der Waals surface area contributed by atoms with Crippen molar-refractivity contribution in [2.24, 2.45) is 4.99 Å². The van der Waals surface area contributed by atoms with Gasteiger partial charge >= 0.3 is 0 Å². The molecule has 1 heterocycles. The van der Waals surface area contributed by atoms with E-state index < -0.39 is 0 Å². The second-order valence-corrected chi connectivity index (χ2v) is 6.25. The molecule has 0 spiro atoms. The zero-order chi connectivity index (χ0) is 17.6. The molecule has 5 nitrogen and oxygen atoms in total. The third-order valence-electron chi connectivity index (χ3n) is 4.25. The molecule has 3 rings (SSSR count). The lowest BCUT2D eigenvalue weighted by atomic mass is 10.0. The topological polar surface area (TPSA) is 54.2 Å². The van der Waals surface area contributed by atoms with E-state index in [2.05, 4.69) is 70.1 Å². The number of rotatable bonds is 5. The van der Waals surface area contributed by atoms with Crippen LogP contribution in [0.25, 0.3) is 10.8 Å². The summed E-state index contributed by atoms with van der Waals surface area (Å²) in [6.45, 7) is 5.76. The van der Waals surface area contributed by atoms with Crippen molar-refractivity contribution in [2.75, 3.05) is 13.6 Å². The maximum Gasteiger partial charge on any atom is 0.191 e. The average Bonchev–Trinajstić information content (AvgIpc) is 3.05. The van der Waals surface area contributed by atoms with Crippen molar-refractivity contribution in [1.29, 1.82) is 0 Å². The second kappa shape index (κ2) is 7.83. The lowest BCUT2D eigenvalue weighted by Crippen LogP contribution is -2.40. The van der Waals surface area contributed by atoms with Gasteiger partial charge in [0.2, 0.25) is 0 Å². The van der Waals surface area contributed by atoms with E-state index in [0.29, 0.717) is 0 Å². The van der Waals surface area contributed by atoms with Crippen molar-refractivity contribution < 1.29 is 0 Å². The predicted octanol–water partition coefficient (Wildman–Crippen LogP) is 3.27. The highest BCUT2D eigenvalue weighted by Crippen LogP contribution is 2.20. The highest BCUT2D eigenvalue weighted by molar-refractivity contribution is 5.84. The van der Waals surface area contributed by atoms with E-state index >= 15 is 0 Å². The van der Waals surface area contributed by atoms with Crippen molar-refractivity contribution >= 4 is 16.7 Å². The molecule has 0 saturated carbocycles. The first-order valence-corrected chi connectivity index (χ1v) is 8.60. The summed E-state index contributed by atoms with van der Waals surface area (Å²) >= 11 is 0. The molecule has 130 valence electrons. The number of hydrogen-bond acceptors (Lipinski definition) is 2. The van der Waals surface area contributed by atoms with E-state index in [0.717, 1.165) is 19.0 Å². The van der Waals surface area contributed by atoms with E-state index in [1.807, 2.05) is 24.0 Å². The fourth-order valence-corrected chi connectivity index (χ4v) is 2.84. The Morgan fingerprint density at radius 3 is 2.72 bits per heavy atom. The van der Waals surface area contributed by atoms with Crippen molar-refractivity contribution in [3.63, 3.8) is 0 Å². The molecule has 5 heteroatoms. The van der Waals surface area contributed by atoms with Crippen LogP contribution in [0, 0.1) is 6.92 Å². The third-order valence-corrected chi connectivity index (χ3v) is 4.25. The first-order chi connectivity index (χ1) is 12.2. The molecule has 0 radical (unpaired) electrons. The van der Waals surface area contributed by atoms with Gasteiger partial charge in [-0.2, -0.15) is 5.10 Å². The summed E-state index contributed by atoms with van der Waals surface area (Å²) in [5.41, 5.74) is 2.41. The van der Waals surface area contributed by atoms with Gasteiger partial charge in [-0.1, -0.05) is 36.4 Å². The number of nitrogens with one attached hydrogen (secondary N) is 2. The normalized spacial score (nSPS) is 13.0. The van der Waals surface area contributed by atoms with Gasteiger partial charge in [-0.15, -0.1) is 0 Å². The molecule has 0 aliphatic rings. The van der Waals surface area contributed by atoms with Gasteiger partial charge in [0.1, 0.15) is 0 Å². The molecule has 2 N–H and O–H groups in total. The van der Waals surface area contributed by atoms with Crippen LogP contribution < -0.4 is 10.6 Å². The molecular formula is C20H25N5. The molecule has 1 unspecified atom stereocenters. The van der Waals surface area contributed by atoms with Gasteiger partial charge in [-0.25, -0.2) is 0 Å². The number of hydrogen-bond donors (Lipinski definition) is 2. The smallest absolute Gasteiger partial charge is 0.191 e. The van der Waals surface area contributed by atoms with E-state index in [1.54, 1.807) is 7.05 Å². The van der Waals surface area contributed by atoms with Gasteiger partial charge in [0.25, 0.3) is 0 Å². The highest BCUT2D eigenvalue weighted by Gasteiger charge is 2.08. The van der Waals surface area contributed by atoms with E-state index in [1.165, 1.54) is 21.9 Å². The van der Waals surface area contributed by atoms with Crippen LogP contribution in [0.5, 0.6) is 0 Å². The molecule has 0 aliphatic carbocycles. The van der Waals surface area contributed by atoms with Crippen molar-refractivity contribution in [2.45, 2.75) is 26.4 Å². The van der Waals surface area contributed by atoms with Crippen molar-refractivity contribution in [1.82, 2.24) is 20.4 Å². The summed E-state index contributed by atoms with van der Waals surface area (Å²) < 4.78 is 1.93. The van der Waals surface area contributed by atoms with Gasteiger partial charge in [0, 0.05) is 19.8 Å². The Kier molecular flexibility index (Phi) is 5.33. The second-order valence-electron chi connectivity index (χ2n) is 6.25. The molecule has 0 amide bonds. The first-order valence-electron chi connectivity index (χ1n) is 8.60. The number of nitrogens with zero attached hydrogens (tertiary/aromatic N) is 3. The Balaban J connectivity index is 1.58. The van der Waals surface area contributed by atoms with Crippen LogP contribution in [0.4, 0.5) is 0 Å². The third kappa shape index (κ3) is 4.38. The number of benzene rings is 2. The molecule has 3 aromatic rings. The highest BCUT2D eigenvalue weighted by atomic mass is 15.3. The van der Waals surface area contributed by atoms with Gasteiger partial charge in [-0.3, -0.25) is 9.67 Å². The molecule has 25 heavy (non-hydrogen) atoms. The number of aromatic nitrogens is 2. The van der Waals surface area contributed by atoms with Crippen LogP contribution in [-0.4, -0.2) is 29.3 Å². The minimum absolute atomic E-state index is 0.169. The molecule has 2 aromatic carbocycles. The molecule has 0 aliphatic heterocycles. The molecule has 0 bridgehead atoms. The Hall–Kier alpha value is -2.82. The molecular weight excluding hydrogens is 310 g/mol. The summed E-state index contributed by atoms with van der Waals surface area (Å²) in [6.07, 6.45) is 3.91. The zero-order valence-corrected chi connectivity index (χ0v) is 15.0. The number of fused-ring (bicyclic) bond motifs is 1.